The molecule has 0 aliphatic carbocycles. The molecule has 7 heteroatoms. The predicted octanol–water partition coefficient (Wildman–Crippen LogP) is 5.71. The van der Waals surface area contributed by atoms with E-state index in [1.54, 1.807) is 12.4 Å². The number of aromatic nitrogens is 6. The fraction of sp³-hybridized carbons (Fsp3) is 0.200. The summed E-state index contributed by atoms with van der Waals surface area (Å²) in [6.07, 6.45) is 9.86. The zero-order chi connectivity index (χ0) is 24.6. The van der Waals surface area contributed by atoms with Crippen LogP contribution < -0.4 is 0 Å². The average molecular weight is 486 g/mol. The summed E-state index contributed by atoms with van der Waals surface area (Å²) in [6.45, 7) is 3.08. The van der Waals surface area contributed by atoms with Crippen molar-refractivity contribution in [3.8, 4) is 22.4 Å². The molecule has 4 aromatic heterocycles. The number of aromatic amines is 1. The van der Waals surface area contributed by atoms with E-state index in [1.165, 1.54) is 5.56 Å². The maximum absolute atomic E-state index is 4.91. The standard InChI is InChI=1S/C30H27N7/c1-2-5-22(6-3-1)25-20-37-18-15-32-30(37)34-27(25)23-10-8-21(9-11-23)19-36-16-12-24(13-17-36)28-33-26-7-4-14-31-29(26)35-28/h1-11,14-15,18,20,24H,12-13,16-17,19H2,(H,31,33,35). The Hall–Kier alpha value is -4.36. The monoisotopic (exact) mass is 485 g/mol. The molecule has 0 amide bonds. The van der Waals surface area contributed by atoms with Crippen LogP contribution in [0.3, 0.4) is 0 Å². The quantitative estimate of drug-likeness (QED) is 0.338. The molecular formula is C30H27N7. The van der Waals surface area contributed by atoms with Crippen molar-refractivity contribution in [1.29, 1.82) is 0 Å². The van der Waals surface area contributed by atoms with Gasteiger partial charge >= 0.3 is 0 Å². The van der Waals surface area contributed by atoms with Crippen molar-refractivity contribution >= 4 is 16.9 Å². The number of fused-ring (bicyclic) bond motifs is 2. The van der Waals surface area contributed by atoms with Gasteiger partial charge in [-0.25, -0.2) is 19.9 Å². The van der Waals surface area contributed by atoms with Gasteiger partial charge in [0.15, 0.2) is 5.65 Å². The average Bonchev–Trinajstić information content (AvgIpc) is 3.60. The van der Waals surface area contributed by atoms with Crippen LogP contribution in [0.1, 0.15) is 30.1 Å². The molecule has 1 aliphatic rings. The van der Waals surface area contributed by atoms with Crippen LogP contribution in [0.25, 0.3) is 39.3 Å². The van der Waals surface area contributed by atoms with Gasteiger partial charge in [-0.05, 0) is 49.2 Å². The fourth-order valence-corrected chi connectivity index (χ4v) is 5.35. The highest BCUT2D eigenvalue weighted by Crippen LogP contribution is 2.32. The zero-order valence-electron chi connectivity index (χ0n) is 20.5. The molecule has 0 bridgehead atoms. The van der Waals surface area contributed by atoms with Crippen molar-refractivity contribution in [3.05, 3.63) is 103 Å². The molecule has 7 rings (SSSR count). The van der Waals surface area contributed by atoms with Gasteiger partial charge in [-0.2, -0.15) is 0 Å². The molecule has 0 atom stereocenters. The number of imidazole rings is 2. The minimum atomic E-state index is 0.466. The molecule has 1 saturated heterocycles. The molecule has 0 saturated carbocycles. The highest BCUT2D eigenvalue weighted by Gasteiger charge is 2.23. The first-order chi connectivity index (χ1) is 18.3. The summed E-state index contributed by atoms with van der Waals surface area (Å²) in [5.74, 6) is 2.25. The molecule has 1 N–H and O–H groups in total. The van der Waals surface area contributed by atoms with Crippen molar-refractivity contribution in [2.45, 2.75) is 25.3 Å². The van der Waals surface area contributed by atoms with E-state index in [-0.39, 0.29) is 0 Å². The summed E-state index contributed by atoms with van der Waals surface area (Å²) in [7, 11) is 0. The third kappa shape index (κ3) is 4.27. The van der Waals surface area contributed by atoms with Crippen molar-refractivity contribution in [2.75, 3.05) is 13.1 Å². The van der Waals surface area contributed by atoms with E-state index < -0.39 is 0 Å². The Labute approximate surface area is 214 Å². The number of nitrogens with zero attached hydrogens (tertiary/aromatic N) is 6. The highest BCUT2D eigenvalue weighted by molar-refractivity contribution is 5.81. The van der Waals surface area contributed by atoms with Gasteiger partial charge in [-0.1, -0.05) is 54.6 Å². The van der Waals surface area contributed by atoms with Crippen LogP contribution in [0.4, 0.5) is 0 Å². The minimum Gasteiger partial charge on any atom is -0.340 e. The minimum absolute atomic E-state index is 0.466. The van der Waals surface area contributed by atoms with Gasteiger partial charge in [0.1, 0.15) is 5.82 Å². The second-order valence-electron chi connectivity index (χ2n) is 9.75. The van der Waals surface area contributed by atoms with Crippen molar-refractivity contribution < 1.29 is 0 Å². The Morgan fingerprint density at radius 3 is 2.46 bits per heavy atom. The van der Waals surface area contributed by atoms with E-state index in [0.717, 1.165) is 71.8 Å². The molecule has 6 aromatic rings. The van der Waals surface area contributed by atoms with Crippen LogP contribution in [-0.4, -0.2) is 47.3 Å². The molecule has 1 fully saturated rings. The number of nitrogens with one attached hydrogen (secondary N) is 1. The highest BCUT2D eigenvalue weighted by atomic mass is 15.1. The summed E-state index contributed by atoms with van der Waals surface area (Å²) in [5, 5.41) is 0. The van der Waals surface area contributed by atoms with Gasteiger partial charge in [-0.15, -0.1) is 0 Å². The van der Waals surface area contributed by atoms with Crippen LogP contribution in [-0.2, 0) is 6.54 Å². The lowest BCUT2D eigenvalue weighted by molar-refractivity contribution is 0.202. The van der Waals surface area contributed by atoms with Gasteiger partial charge in [0, 0.05) is 48.4 Å². The molecule has 37 heavy (non-hydrogen) atoms. The second kappa shape index (κ2) is 9.26. The largest absolute Gasteiger partial charge is 0.340 e. The van der Waals surface area contributed by atoms with Gasteiger partial charge in [-0.3, -0.25) is 9.30 Å². The Bertz CT molecular complexity index is 1630. The summed E-state index contributed by atoms with van der Waals surface area (Å²) in [4.78, 5) is 24.4. The number of hydrogen-bond donors (Lipinski definition) is 1. The van der Waals surface area contributed by atoms with Crippen LogP contribution in [0.2, 0.25) is 0 Å². The number of piperidine rings is 1. The van der Waals surface area contributed by atoms with Gasteiger partial charge in [0.25, 0.3) is 0 Å². The van der Waals surface area contributed by atoms with E-state index >= 15 is 0 Å². The lowest BCUT2D eigenvalue weighted by Gasteiger charge is -2.31. The molecule has 1 aliphatic heterocycles. The third-order valence-corrected chi connectivity index (χ3v) is 7.35. The molecule has 5 heterocycles. The normalized spacial score (nSPS) is 15.0. The lowest BCUT2D eigenvalue weighted by atomic mass is 9.95. The summed E-state index contributed by atoms with van der Waals surface area (Å²) in [5.41, 5.74) is 7.46. The summed E-state index contributed by atoms with van der Waals surface area (Å²) >= 11 is 0. The maximum atomic E-state index is 4.91. The number of pyridine rings is 1. The van der Waals surface area contributed by atoms with Crippen LogP contribution in [0, 0.1) is 0 Å². The van der Waals surface area contributed by atoms with Crippen molar-refractivity contribution in [3.63, 3.8) is 0 Å². The van der Waals surface area contributed by atoms with Gasteiger partial charge in [0.05, 0.1) is 11.2 Å². The second-order valence-corrected chi connectivity index (χ2v) is 9.75. The topological polar surface area (TPSA) is 75.0 Å². The molecule has 2 aromatic carbocycles. The molecule has 0 radical (unpaired) electrons. The summed E-state index contributed by atoms with van der Waals surface area (Å²) in [6, 6.07) is 23.3. The van der Waals surface area contributed by atoms with E-state index in [1.807, 2.05) is 28.8 Å². The van der Waals surface area contributed by atoms with E-state index in [2.05, 4.69) is 74.6 Å². The van der Waals surface area contributed by atoms with Gasteiger partial charge in [0.2, 0.25) is 5.78 Å². The molecule has 0 unspecified atom stereocenters. The lowest BCUT2D eigenvalue weighted by Crippen LogP contribution is -2.32. The Morgan fingerprint density at radius 2 is 1.65 bits per heavy atom. The SMILES string of the molecule is c1ccc(-c2cn3ccnc3nc2-c2ccc(CN3CCC(c4nc5ncccc5[nH]4)CC3)cc2)cc1. The predicted molar refractivity (Wildman–Crippen MR) is 145 cm³/mol. The first-order valence-electron chi connectivity index (χ1n) is 12.8. The van der Waals surface area contributed by atoms with Crippen LogP contribution in [0.15, 0.2) is 91.5 Å². The van der Waals surface area contributed by atoms with Crippen molar-refractivity contribution in [2.24, 2.45) is 0 Å². The van der Waals surface area contributed by atoms with Crippen LogP contribution in [0.5, 0.6) is 0 Å². The van der Waals surface area contributed by atoms with E-state index in [4.69, 9.17) is 9.97 Å². The first-order valence-corrected chi connectivity index (χ1v) is 12.8. The maximum Gasteiger partial charge on any atom is 0.234 e. The number of likely N-dealkylation sites (tertiary alicyclic amines) is 1. The number of H-pyrrole nitrogens is 1. The first kappa shape index (κ1) is 21.9. The molecule has 7 nitrogen and oxygen atoms in total. The number of rotatable bonds is 5. The molecular weight excluding hydrogens is 458 g/mol. The number of benzene rings is 2. The fourth-order valence-electron chi connectivity index (χ4n) is 5.35. The zero-order valence-corrected chi connectivity index (χ0v) is 20.5. The smallest absolute Gasteiger partial charge is 0.234 e. The van der Waals surface area contributed by atoms with Crippen molar-refractivity contribution in [1.82, 2.24) is 34.2 Å². The third-order valence-electron chi connectivity index (χ3n) is 7.35. The molecule has 182 valence electrons. The van der Waals surface area contributed by atoms with E-state index in [9.17, 15) is 0 Å². The van der Waals surface area contributed by atoms with Crippen LogP contribution >= 0.6 is 0 Å². The Balaban J connectivity index is 1.07. The summed E-state index contributed by atoms with van der Waals surface area (Å²) < 4.78 is 1.98. The van der Waals surface area contributed by atoms with E-state index in [0.29, 0.717) is 11.7 Å². The number of hydrogen-bond acceptors (Lipinski definition) is 5. The Morgan fingerprint density at radius 1 is 0.811 bits per heavy atom. The molecule has 0 spiro atoms. The Kier molecular flexibility index (Phi) is 5.48. The van der Waals surface area contributed by atoms with Gasteiger partial charge < -0.3 is 4.98 Å².